The molecule has 0 amide bonds. The Labute approximate surface area is 126 Å². The number of aryl methyl sites for hydroxylation is 4. The molecule has 0 aliphatic rings. The van der Waals surface area contributed by atoms with Gasteiger partial charge in [0.25, 0.3) is 11.6 Å². The predicted molar refractivity (Wildman–Crippen MR) is 79.2 cm³/mol. The summed E-state index contributed by atoms with van der Waals surface area (Å²) < 4.78 is 5.66. The van der Waals surface area contributed by atoms with Crippen LogP contribution in [-0.2, 0) is 0 Å². The molecule has 0 fully saturated rings. The second kappa shape index (κ2) is 5.65. The lowest BCUT2D eigenvalue weighted by atomic mass is 10.1. The van der Waals surface area contributed by atoms with Gasteiger partial charge in [-0.2, -0.15) is 0 Å². The first-order chi connectivity index (χ1) is 9.79. The van der Waals surface area contributed by atoms with E-state index in [1.165, 1.54) is 6.07 Å². The number of benzene rings is 1. The third kappa shape index (κ3) is 3.11. The fraction of sp³-hybridized carbons (Fsp3) is 0.286. The number of ether oxygens (including phenoxy) is 1. The van der Waals surface area contributed by atoms with Crippen molar-refractivity contribution in [2.24, 2.45) is 0 Å². The molecule has 6 nitrogen and oxygen atoms in total. The summed E-state index contributed by atoms with van der Waals surface area (Å²) in [5.74, 6) is 0.661. The molecule has 0 N–H and O–H groups in total. The Hall–Kier alpha value is -2.21. The number of hydrogen-bond acceptors (Lipinski definition) is 5. The van der Waals surface area contributed by atoms with Gasteiger partial charge in [-0.3, -0.25) is 10.1 Å². The number of nitro benzene ring substituents is 1. The summed E-state index contributed by atoms with van der Waals surface area (Å²) in [5.41, 5.74) is 2.63. The van der Waals surface area contributed by atoms with Crippen molar-refractivity contribution in [3.8, 4) is 11.6 Å². The van der Waals surface area contributed by atoms with Crippen LogP contribution in [0, 0.1) is 37.8 Å². The van der Waals surface area contributed by atoms with E-state index in [4.69, 9.17) is 16.3 Å². The minimum absolute atomic E-state index is 0.0529. The van der Waals surface area contributed by atoms with E-state index >= 15 is 0 Å². The summed E-state index contributed by atoms with van der Waals surface area (Å²) in [6.07, 6.45) is 0. The Bertz CT molecular complexity index is 732. The van der Waals surface area contributed by atoms with Crippen molar-refractivity contribution in [2.75, 3.05) is 0 Å². The second-order valence-electron chi connectivity index (χ2n) is 4.75. The zero-order chi connectivity index (χ0) is 15.7. The van der Waals surface area contributed by atoms with Crippen LogP contribution >= 0.6 is 11.6 Å². The molecule has 0 atom stereocenters. The smallest absolute Gasteiger partial charge is 0.272 e. The van der Waals surface area contributed by atoms with Gasteiger partial charge in [-0.05, 0) is 39.3 Å². The Morgan fingerprint density at radius 3 is 2.33 bits per heavy atom. The summed E-state index contributed by atoms with van der Waals surface area (Å²) in [6.45, 7) is 6.99. The first-order valence-electron chi connectivity index (χ1n) is 6.24. The Kier molecular flexibility index (Phi) is 4.09. The van der Waals surface area contributed by atoms with E-state index in [0.29, 0.717) is 22.6 Å². The minimum Gasteiger partial charge on any atom is -0.436 e. The highest BCUT2D eigenvalue weighted by molar-refractivity contribution is 6.30. The molecule has 2 rings (SSSR count). The monoisotopic (exact) mass is 307 g/mol. The number of rotatable bonds is 3. The van der Waals surface area contributed by atoms with Crippen LogP contribution in [0.2, 0.25) is 5.15 Å². The number of hydrogen-bond donors (Lipinski definition) is 0. The SMILES string of the molecule is Cc1cc([N+](=O)[O-])c(C)cc1Oc1nc(C)c(C)nc1Cl. The molecular formula is C14H14ClN3O3. The fourth-order valence-corrected chi connectivity index (χ4v) is 2.01. The lowest BCUT2D eigenvalue weighted by Crippen LogP contribution is -1.99. The highest BCUT2D eigenvalue weighted by atomic mass is 35.5. The summed E-state index contributed by atoms with van der Waals surface area (Å²) in [4.78, 5) is 18.9. The molecule has 21 heavy (non-hydrogen) atoms. The van der Waals surface area contributed by atoms with Crippen LogP contribution in [0.4, 0.5) is 5.69 Å². The molecule has 110 valence electrons. The summed E-state index contributed by atoms with van der Waals surface area (Å²) in [7, 11) is 0. The van der Waals surface area contributed by atoms with E-state index in [-0.39, 0.29) is 16.7 Å². The van der Waals surface area contributed by atoms with E-state index in [9.17, 15) is 10.1 Å². The third-order valence-electron chi connectivity index (χ3n) is 3.13. The fourth-order valence-electron chi connectivity index (χ4n) is 1.81. The van der Waals surface area contributed by atoms with E-state index in [0.717, 1.165) is 5.69 Å². The van der Waals surface area contributed by atoms with Crippen molar-refractivity contribution in [3.05, 3.63) is 49.9 Å². The van der Waals surface area contributed by atoms with Gasteiger partial charge in [-0.1, -0.05) is 11.6 Å². The van der Waals surface area contributed by atoms with Crippen molar-refractivity contribution in [1.82, 2.24) is 9.97 Å². The quantitative estimate of drug-likeness (QED) is 0.631. The number of nitrogens with zero attached hydrogens (tertiary/aromatic N) is 3. The van der Waals surface area contributed by atoms with Gasteiger partial charge >= 0.3 is 0 Å². The van der Waals surface area contributed by atoms with Crippen molar-refractivity contribution in [2.45, 2.75) is 27.7 Å². The Balaban J connectivity index is 2.43. The minimum atomic E-state index is -0.422. The lowest BCUT2D eigenvalue weighted by Gasteiger charge is -2.11. The lowest BCUT2D eigenvalue weighted by molar-refractivity contribution is -0.385. The van der Waals surface area contributed by atoms with Gasteiger partial charge in [0.15, 0.2) is 5.15 Å². The highest BCUT2D eigenvalue weighted by Gasteiger charge is 2.16. The van der Waals surface area contributed by atoms with E-state index < -0.39 is 4.92 Å². The topological polar surface area (TPSA) is 78.2 Å². The standard InChI is InChI=1S/C14H14ClN3O3/c1-7-6-12(8(2)5-11(7)18(19)20)21-14-13(15)16-9(3)10(4)17-14/h5-6H,1-4H3. The Morgan fingerprint density at radius 1 is 1.10 bits per heavy atom. The van der Waals surface area contributed by atoms with Crippen LogP contribution in [0.15, 0.2) is 12.1 Å². The zero-order valence-corrected chi connectivity index (χ0v) is 12.9. The molecule has 0 unspecified atom stereocenters. The van der Waals surface area contributed by atoms with Crippen LogP contribution in [-0.4, -0.2) is 14.9 Å². The van der Waals surface area contributed by atoms with E-state index in [1.807, 2.05) is 0 Å². The third-order valence-corrected chi connectivity index (χ3v) is 3.38. The van der Waals surface area contributed by atoms with Crippen molar-refractivity contribution < 1.29 is 9.66 Å². The average molecular weight is 308 g/mol. The molecule has 0 spiro atoms. The number of halogens is 1. The molecule has 7 heteroatoms. The number of aromatic nitrogens is 2. The summed E-state index contributed by atoms with van der Waals surface area (Å²) >= 11 is 6.02. The van der Waals surface area contributed by atoms with Crippen molar-refractivity contribution in [3.63, 3.8) is 0 Å². The predicted octanol–water partition coefficient (Wildman–Crippen LogP) is 4.06. The van der Waals surface area contributed by atoms with Gasteiger partial charge in [-0.25, -0.2) is 9.97 Å². The zero-order valence-electron chi connectivity index (χ0n) is 12.1. The van der Waals surface area contributed by atoms with Gasteiger partial charge in [0.1, 0.15) is 5.75 Å². The molecule has 2 aromatic rings. The molecular weight excluding hydrogens is 294 g/mol. The van der Waals surface area contributed by atoms with Gasteiger partial charge in [0.05, 0.1) is 16.3 Å². The highest BCUT2D eigenvalue weighted by Crippen LogP contribution is 2.32. The normalized spacial score (nSPS) is 10.5. The van der Waals surface area contributed by atoms with Gasteiger partial charge in [-0.15, -0.1) is 0 Å². The maximum absolute atomic E-state index is 10.9. The molecule has 1 heterocycles. The van der Waals surface area contributed by atoms with Crippen LogP contribution in [0.1, 0.15) is 22.5 Å². The summed E-state index contributed by atoms with van der Waals surface area (Å²) in [5, 5.41) is 11.1. The first-order valence-corrected chi connectivity index (χ1v) is 6.61. The molecule has 0 aliphatic carbocycles. The molecule has 0 bridgehead atoms. The Morgan fingerprint density at radius 2 is 1.71 bits per heavy atom. The largest absolute Gasteiger partial charge is 0.436 e. The van der Waals surface area contributed by atoms with Crippen LogP contribution in [0.25, 0.3) is 0 Å². The second-order valence-corrected chi connectivity index (χ2v) is 5.11. The first kappa shape index (κ1) is 15.2. The van der Waals surface area contributed by atoms with Gasteiger partial charge in [0, 0.05) is 11.6 Å². The van der Waals surface area contributed by atoms with Crippen LogP contribution < -0.4 is 4.74 Å². The van der Waals surface area contributed by atoms with Crippen LogP contribution in [0.5, 0.6) is 11.6 Å². The van der Waals surface area contributed by atoms with Gasteiger partial charge in [0.2, 0.25) is 0 Å². The molecule has 1 aromatic carbocycles. The summed E-state index contributed by atoms with van der Waals surface area (Å²) in [6, 6.07) is 3.06. The molecule has 0 aliphatic heterocycles. The maximum Gasteiger partial charge on any atom is 0.272 e. The number of nitro groups is 1. The maximum atomic E-state index is 10.9. The molecule has 0 saturated carbocycles. The molecule has 0 radical (unpaired) electrons. The van der Waals surface area contributed by atoms with E-state index in [2.05, 4.69) is 9.97 Å². The molecule has 0 saturated heterocycles. The van der Waals surface area contributed by atoms with Gasteiger partial charge < -0.3 is 4.74 Å². The van der Waals surface area contributed by atoms with Crippen LogP contribution in [0.3, 0.4) is 0 Å². The van der Waals surface area contributed by atoms with Crippen molar-refractivity contribution in [1.29, 1.82) is 0 Å². The van der Waals surface area contributed by atoms with Crippen molar-refractivity contribution >= 4 is 17.3 Å². The molecule has 1 aromatic heterocycles. The van der Waals surface area contributed by atoms with E-state index in [1.54, 1.807) is 33.8 Å². The average Bonchev–Trinajstić information content (AvgIpc) is 2.39.